The van der Waals surface area contributed by atoms with Crippen LogP contribution in [0.2, 0.25) is 0 Å². The van der Waals surface area contributed by atoms with Gasteiger partial charge < -0.3 is 13.9 Å². The Bertz CT molecular complexity index is 3100. The molecule has 0 amide bonds. The van der Waals surface area contributed by atoms with Crippen LogP contribution in [0, 0.1) is 0 Å². The minimum atomic E-state index is 0.904. The largest absolute Gasteiger partial charge is 0.456 e. The summed E-state index contributed by atoms with van der Waals surface area (Å²) in [6.07, 6.45) is 0. The first-order chi connectivity index (χ1) is 25.8. The quantitative estimate of drug-likeness (QED) is 0.180. The van der Waals surface area contributed by atoms with Crippen LogP contribution in [-0.2, 0) is 0 Å². The summed E-state index contributed by atoms with van der Waals surface area (Å²) in [4.78, 5) is 2.43. The average molecular weight is 683 g/mol. The number of rotatable bonds is 5. The number of hydrogen-bond donors (Lipinski definition) is 0. The van der Waals surface area contributed by atoms with Gasteiger partial charge in [-0.05, 0) is 83.9 Å². The van der Waals surface area contributed by atoms with Crippen molar-refractivity contribution in [3.8, 4) is 16.8 Å². The lowest BCUT2D eigenvalue weighted by Gasteiger charge is -2.27. The van der Waals surface area contributed by atoms with Gasteiger partial charge in [-0.3, -0.25) is 0 Å². The Hall–Kier alpha value is -6.62. The summed E-state index contributed by atoms with van der Waals surface area (Å²) in [5.41, 5.74) is 11.0. The number of aromatic nitrogens is 1. The van der Waals surface area contributed by atoms with Crippen LogP contribution in [-0.4, -0.2) is 4.57 Å². The van der Waals surface area contributed by atoms with E-state index >= 15 is 0 Å². The van der Waals surface area contributed by atoms with E-state index in [1.54, 1.807) is 0 Å². The molecule has 4 heteroatoms. The highest BCUT2D eigenvalue weighted by Crippen LogP contribution is 2.47. The van der Waals surface area contributed by atoms with Crippen LogP contribution in [0.3, 0.4) is 0 Å². The van der Waals surface area contributed by atoms with E-state index in [9.17, 15) is 0 Å². The molecule has 0 aliphatic rings. The molecule has 0 aliphatic carbocycles. The van der Waals surface area contributed by atoms with Crippen LogP contribution in [0.5, 0.6) is 0 Å². The first kappa shape index (κ1) is 29.1. The Labute approximate surface area is 303 Å². The second-order valence-electron chi connectivity index (χ2n) is 13.3. The summed E-state index contributed by atoms with van der Waals surface area (Å²) in [5.74, 6) is 0. The van der Waals surface area contributed by atoms with Crippen molar-refractivity contribution >= 4 is 92.3 Å². The van der Waals surface area contributed by atoms with Crippen LogP contribution in [0.4, 0.5) is 17.1 Å². The fraction of sp³-hybridized carbons (Fsp3) is 0. The zero-order chi connectivity index (χ0) is 34.2. The van der Waals surface area contributed by atoms with E-state index in [1.807, 2.05) is 23.5 Å². The van der Waals surface area contributed by atoms with E-state index in [0.29, 0.717) is 0 Å². The molecule has 0 atom stereocenters. The molecule has 11 aromatic rings. The number of benzene rings is 8. The van der Waals surface area contributed by atoms with Crippen molar-refractivity contribution in [2.75, 3.05) is 4.90 Å². The highest BCUT2D eigenvalue weighted by atomic mass is 32.1. The second kappa shape index (κ2) is 11.5. The van der Waals surface area contributed by atoms with Crippen molar-refractivity contribution in [3.05, 3.63) is 182 Å². The number of fused-ring (bicyclic) bond motifs is 9. The van der Waals surface area contributed by atoms with Crippen molar-refractivity contribution < 1.29 is 4.42 Å². The maximum Gasteiger partial charge on any atom is 0.135 e. The molecule has 0 aliphatic heterocycles. The number of anilines is 3. The lowest BCUT2D eigenvalue weighted by atomic mass is 10.0. The van der Waals surface area contributed by atoms with Gasteiger partial charge in [0.25, 0.3) is 0 Å². The molecule has 3 heterocycles. The lowest BCUT2D eigenvalue weighted by Crippen LogP contribution is -2.11. The Morgan fingerprint density at radius 2 is 1.06 bits per heavy atom. The molecule has 11 rings (SSSR count). The first-order valence-corrected chi connectivity index (χ1v) is 18.4. The third kappa shape index (κ3) is 4.45. The van der Waals surface area contributed by atoms with Gasteiger partial charge in [0, 0.05) is 54.1 Å². The van der Waals surface area contributed by atoms with Crippen molar-refractivity contribution in [2.45, 2.75) is 0 Å². The van der Waals surface area contributed by atoms with Crippen LogP contribution >= 0.6 is 11.3 Å². The number of nitrogens with zero attached hydrogens (tertiary/aromatic N) is 2. The molecule has 52 heavy (non-hydrogen) atoms. The van der Waals surface area contributed by atoms with Gasteiger partial charge in [0.15, 0.2) is 0 Å². The zero-order valence-corrected chi connectivity index (χ0v) is 28.8. The van der Waals surface area contributed by atoms with Gasteiger partial charge >= 0.3 is 0 Å². The van der Waals surface area contributed by atoms with E-state index in [1.165, 1.54) is 42.0 Å². The standard InChI is InChI=1S/C48H30N2OS/c1-2-14-33(15-3-1)49(34-16-12-13-31(27-34)32-25-26-46-40(28-32)38-19-6-10-23-45(38)51-46)44-30-35(29-41-39-20-7-11-24-47(39)52-48(41)44)50-42-21-8-4-17-36(42)37-18-5-9-22-43(37)50/h1-30H. The lowest BCUT2D eigenvalue weighted by molar-refractivity contribution is 0.669. The van der Waals surface area contributed by atoms with Gasteiger partial charge in [0.05, 0.1) is 21.4 Å². The normalized spacial score (nSPS) is 11.8. The fourth-order valence-electron chi connectivity index (χ4n) is 8.02. The number of furan rings is 1. The zero-order valence-electron chi connectivity index (χ0n) is 28.0. The summed E-state index contributed by atoms with van der Waals surface area (Å²) in [7, 11) is 0. The van der Waals surface area contributed by atoms with E-state index in [-0.39, 0.29) is 0 Å². The fourth-order valence-corrected chi connectivity index (χ4v) is 9.21. The predicted molar refractivity (Wildman–Crippen MR) is 221 cm³/mol. The Morgan fingerprint density at radius 1 is 0.423 bits per heavy atom. The van der Waals surface area contributed by atoms with Crippen molar-refractivity contribution in [1.82, 2.24) is 4.57 Å². The topological polar surface area (TPSA) is 21.3 Å². The molecular formula is C48H30N2OS. The maximum atomic E-state index is 6.17. The predicted octanol–water partition coefficient (Wildman–Crippen LogP) is 14.2. The van der Waals surface area contributed by atoms with E-state index in [4.69, 9.17) is 4.42 Å². The summed E-state index contributed by atoms with van der Waals surface area (Å²) in [5, 5.41) is 7.30. The minimum Gasteiger partial charge on any atom is -0.456 e. The van der Waals surface area contributed by atoms with Gasteiger partial charge in [-0.2, -0.15) is 0 Å². The summed E-state index contributed by atoms with van der Waals surface area (Å²) in [6.45, 7) is 0. The smallest absolute Gasteiger partial charge is 0.135 e. The Morgan fingerprint density at radius 3 is 1.87 bits per heavy atom. The van der Waals surface area contributed by atoms with Crippen molar-refractivity contribution in [2.24, 2.45) is 0 Å². The molecule has 0 saturated carbocycles. The van der Waals surface area contributed by atoms with Crippen LogP contribution in [0.1, 0.15) is 0 Å². The molecule has 8 aromatic carbocycles. The van der Waals surface area contributed by atoms with E-state index in [2.05, 4.69) is 179 Å². The van der Waals surface area contributed by atoms with Gasteiger partial charge in [0.2, 0.25) is 0 Å². The monoisotopic (exact) mass is 682 g/mol. The van der Waals surface area contributed by atoms with Gasteiger partial charge in [-0.15, -0.1) is 11.3 Å². The Kier molecular flexibility index (Phi) is 6.42. The first-order valence-electron chi connectivity index (χ1n) is 17.6. The molecule has 0 bridgehead atoms. The Balaban J connectivity index is 1.18. The molecule has 3 nitrogen and oxygen atoms in total. The average Bonchev–Trinajstić information content (AvgIpc) is 3.88. The molecule has 3 aromatic heterocycles. The molecule has 0 N–H and O–H groups in total. The molecule has 0 saturated heterocycles. The molecule has 244 valence electrons. The summed E-state index contributed by atoms with van der Waals surface area (Å²) < 4.78 is 11.1. The minimum absolute atomic E-state index is 0.904. The molecule has 0 spiro atoms. The third-order valence-electron chi connectivity index (χ3n) is 10.4. The number of thiophene rings is 1. The van der Waals surface area contributed by atoms with Crippen LogP contribution < -0.4 is 4.90 Å². The third-order valence-corrected chi connectivity index (χ3v) is 11.6. The maximum absolute atomic E-state index is 6.17. The summed E-state index contributed by atoms with van der Waals surface area (Å²) in [6, 6.07) is 65.6. The van der Waals surface area contributed by atoms with Gasteiger partial charge in [-0.25, -0.2) is 0 Å². The van der Waals surface area contributed by atoms with E-state index < -0.39 is 0 Å². The summed E-state index contributed by atoms with van der Waals surface area (Å²) >= 11 is 1.86. The van der Waals surface area contributed by atoms with Gasteiger partial charge in [0.1, 0.15) is 11.2 Å². The van der Waals surface area contributed by atoms with Crippen molar-refractivity contribution in [1.29, 1.82) is 0 Å². The van der Waals surface area contributed by atoms with Crippen LogP contribution in [0.15, 0.2) is 186 Å². The van der Waals surface area contributed by atoms with Gasteiger partial charge in [-0.1, -0.05) is 109 Å². The molecule has 0 unspecified atom stereocenters. The van der Waals surface area contributed by atoms with Crippen LogP contribution in [0.25, 0.3) is 80.7 Å². The highest BCUT2D eigenvalue weighted by molar-refractivity contribution is 7.26. The number of hydrogen-bond acceptors (Lipinski definition) is 3. The molecule has 0 radical (unpaired) electrons. The number of para-hydroxylation sites is 4. The van der Waals surface area contributed by atoms with Crippen molar-refractivity contribution in [3.63, 3.8) is 0 Å². The second-order valence-corrected chi connectivity index (χ2v) is 14.4. The van der Waals surface area contributed by atoms with E-state index in [0.717, 1.165) is 55.8 Å². The molecule has 0 fully saturated rings. The SMILES string of the molecule is c1ccc(N(c2cccc(-c3ccc4oc5ccccc5c4c3)c2)c2cc(-n3c4ccccc4c4ccccc43)cc3c2sc2ccccc23)cc1. The molecular weight excluding hydrogens is 653 g/mol. The highest BCUT2D eigenvalue weighted by Gasteiger charge is 2.22.